The van der Waals surface area contributed by atoms with Gasteiger partial charge in [0.2, 0.25) is 0 Å². The van der Waals surface area contributed by atoms with Gasteiger partial charge in [0.1, 0.15) is 0 Å². The van der Waals surface area contributed by atoms with Gasteiger partial charge in [-0.1, -0.05) is 0 Å². The molecule has 192 valence electrons. The normalized spacial score (nSPS) is 10.0. The molecule has 0 aromatic rings. The fourth-order valence-electron chi connectivity index (χ4n) is 0. The Balaban J connectivity index is -0.0000000238. The van der Waals surface area contributed by atoms with Crippen LogP contribution in [0.2, 0.25) is 0 Å². The van der Waals surface area contributed by atoms with Crippen molar-refractivity contribution in [3.8, 4) is 0 Å². The zero-order valence-corrected chi connectivity index (χ0v) is 17.5. The summed E-state index contributed by atoms with van der Waals surface area (Å²) in [6, 6.07) is 0. The predicted octanol–water partition coefficient (Wildman–Crippen LogP) is -2.62. The van der Waals surface area contributed by atoms with Crippen LogP contribution >= 0.6 is 0 Å². The van der Waals surface area contributed by atoms with Crippen molar-refractivity contribution in [3.05, 3.63) is 0 Å². The maximum atomic E-state index is 8.74. The minimum atomic E-state index is -4.67. The molecule has 0 fully saturated rings. The fourth-order valence-corrected chi connectivity index (χ4v) is 0. The first-order valence-corrected chi connectivity index (χ1v) is 10.5. The molecule has 0 aromatic carbocycles. The SMILES string of the molecule is N.N.N.N.O=S(=O)(O)O.O=S(=O)(O)O.O=S(=O)(O)O.O=S(=O)(O)O.O=S(=O)(O)O. The molecule has 0 aliphatic carbocycles. The minimum Gasteiger partial charge on any atom is -0.344 e. The van der Waals surface area contributed by atoms with E-state index in [0.717, 1.165) is 0 Å². The summed E-state index contributed by atoms with van der Waals surface area (Å²) in [7, 11) is -23.3. The second-order valence-corrected chi connectivity index (χ2v) is 6.72. The monoisotopic (exact) mass is 558 g/mol. The standard InChI is InChI=1S/4H3N.5H2O4S/c;;;;5*1-5(2,3)4/h4*1H3;5*(H2,1,2,3,4). The summed E-state index contributed by atoms with van der Waals surface area (Å²) >= 11 is 0. The first-order valence-electron chi connectivity index (χ1n) is 3.49. The van der Waals surface area contributed by atoms with Gasteiger partial charge in [0.05, 0.1) is 0 Å². The Labute approximate surface area is 164 Å². The first kappa shape index (κ1) is 56.6. The molecule has 0 atom stereocenters. The van der Waals surface area contributed by atoms with Crippen LogP contribution < -0.4 is 24.6 Å². The van der Waals surface area contributed by atoms with Gasteiger partial charge in [-0.15, -0.1) is 0 Å². The third-order valence-corrected chi connectivity index (χ3v) is 0. The maximum Gasteiger partial charge on any atom is 0.394 e. The minimum absolute atomic E-state index is 0. The van der Waals surface area contributed by atoms with Gasteiger partial charge >= 0.3 is 52.0 Å². The van der Waals surface area contributed by atoms with Crippen molar-refractivity contribution in [2.75, 3.05) is 0 Å². The number of hydrogen-bond donors (Lipinski definition) is 14. The third-order valence-electron chi connectivity index (χ3n) is 0. The van der Waals surface area contributed by atoms with E-state index in [2.05, 4.69) is 0 Å². The van der Waals surface area contributed by atoms with Crippen LogP contribution in [-0.2, 0) is 52.0 Å². The zero-order chi connectivity index (χ0) is 22.5. The first-order chi connectivity index (χ1) is 10.0. The van der Waals surface area contributed by atoms with E-state index in [4.69, 9.17) is 87.6 Å². The molecule has 0 saturated heterocycles. The van der Waals surface area contributed by atoms with E-state index in [-0.39, 0.29) is 24.6 Å². The van der Waals surface area contributed by atoms with Crippen LogP contribution in [0.25, 0.3) is 0 Å². The third kappa shape index (κ3) is 26300. The Morgan fingerprint density at radius 2 is 0.241 bits per heavy atom. The highest BCUT2D eigenvalue weighted by atomic mass is 32.3. The highest BCUT2D eigenvalue weighted by Gasteiger charge is 1.86. The van der Waals surface area contributed by atoms with Crippen molar-refractivity contribution in [3.63, 3.8) is 0 Å². The molecule has 0 rings (SSSR count). The zero-order valence-electron chi connectivity index (χ0n) is 13.4. The molecule has 0 bridgehead atoms. The van der Waals surface area contributed by atoms with Crippen molar-refractivity contribution in [2.45, 2.75) is 0 Å². The van der Waals surface area contributed by atoms with Crippen LogP contribution in [0.1, 0.15) is 0 Å². The Morgan fingerprint density at radius 1 is 0.241 bits per heavy atom. The van der Waals surface area contributed by atoms with E-state index in [1.807, 2.05) is 0 Å². The molecule has 24 nitrogen and oxygen atoms in total. The van der Waals surface area contributed by atoms with Crippen molar-refractivity contribution >= 4 is 52.0 Å². The molecule has 0 aromatic heterocycles. The van der Waals surface area contributed by atoms with E-state index in [1.54, 1.807) is 0 Å². The molecule has 0 aliphatic rings. The fraction of sp³-hybridized carbons (Fsp3) is 0. The van der Waals surface area contributed by atoms with Gasteiger partial charge in [0.25, 0.3) is 0 Å². The van der Waals surface area contributed by atoms with E-state index in [0.29, 0.717) is 0 Å². The van der Waals surface area contributed by atoms with Gasteiger partial charge in [0, 0.05) is 0 Å². The van der Waals surface area contributed by atoms with Gasteiger partial charge in [-0.05, 0) is 0 Å². The quantitative estimate of drug-likeness (QED) is 0.135. The van der Waals surface area contributed by atoms with Gasteiger partial charge in [-0.3, -0.25) is 45.5 Å². The molecule has 29 heavy (non-hydrogen) atoms. The summed E-state index contributed by atoms with van der Waals surface area (Å²) in [5.41, 5.74) is 0. The molecular weight excluding hydrogens is 536 g/mol. The Hall–Kier alpha value is -0.810. The van der Waals surface area contributed by atoms with Crippen LogP contribution in [0, 0.1) is 0 Å². The van der Waals surface area contributed by atoms with Crippen LogP contribution in [0.4, 0.5) is 0 Å². The second-order valence-electron chi connectivity index (χ2n) is 2.24. The molecule has 0 saturated carbocycles. The highest BCUT2D eigenvalue weighted by molar-refractivity contribution is 7.80. The summed E-state index contributed by atoms with van der Waals surface area (Å²) in [5, 5.41) is 0. The number of hydrogen-bond acceptors (Lipinski definition) is 14. The molecule has 29 heteroatoms. The largest absolute Gasteiger partial charge is 0.394 e. The van der Waals surface area contributed by atoms with E-state index >= 15 is 0 Å². The molecule has 0 unspecified atom stereocenters. The number of rotatable bonds is 0. The van der Waals surface area contributed by atoms with E-state index in [1.165, 1.54) is 0 Å². The van der Waals surface area contributed by atoms with Crippen molar-refractivity contribution in [2.24, 2.45) is 0 Å². The van der Waals surface area contributed by atoms with Crippen LogP contribution in [0.15, 0.2) is 0 Å². The smallest absolute Gasteiger partial charge is 0.344 e. The second kappa shape index (κ2) is 21.9. The van der Waals surface area contributed by atoms with Gasteiger partial charge in [-0.2, -0.15) is 42.1 Å². The van der Waals surface area contributed by atoms with Gasteiger partial charge < -0.3 is 24.6 Å². The van der Waals surface area contributed by atoms with Crippen LogP contribution in [0.3, 0.4) is 0 Å². The molecule has 0 aliphatic heterocycles. The average molecular weight is 559 g/mol. The van der Waals surface area contributed by atoms with Crippen molar-refractivity contribution in [1.82, 2.24) is 24.6 Å². The summed E-state index contributed by atoms with van der Waals surface area (Å²) < 4.78 is 158. The topological polar surface area (TPSA) is 513 Å². The predicted molar refractivity (Wildman–Crippen MR) is 91.0 cm³/mol. The molecule has 0 heterocycles. The van der Waals surface area contributed by atoms with Gasteiger partial charge in [-0.25, -0.2) is 0 Å². The summed E-state index contributed by atoms with van der Waals surface area (Å²) in [5.74, 6) is 0. The Morgan fingerprint density at radius 3 is 0.241 bits per heavy atom. The highest BCUT2D eigenvalue weighted by Crippen LogP contribution is 1.60. The van der Waals surface area contributed by atoms with Crippen LogP contribution in [0.5, 0.6) is 0 Å². The van der Waals surface area contributed by atoms with Crippen molar-refractivity contribution < 1.29 is 87.6 Å². The molecule has 0 amide bonds. The van der Waals surface area contributed by atoms with Gasteiger partial charge in [0.15, 0.2) is 0 Å². The van der Waals surface area contributed by atoms with Crippen LogP contribution in [-0.4, -0.2) is 87.6 Å². The lowest BCUT2D eigenvalue weighted by molar-refractivity contribution is 0.378. The van der Waals surface area contributed by atoms with E-state index < -0.39 is 52.0 Å². The molecule has 22 N–H and O–H groups in total. The average Bonchev–Trinajstić information content (AvgIpc) is 1.79. The summed E-state index contributed by atoms with van der Waals surface area (Å²) in [6.45, 7) is 0. The molecule has 0 spiro atoms. The Kier molecular flexibility index (Phi) is 42.7. The van der Waals surface area contributed by atoms with E-state index in [9.17, 15) is 0 Å². The maximum absolute atomic E-state index is 8.74. The molecule has 0 radical (unpaired) electrons. The molecular formula is H22N4O20S5. The summed E-state index contributed by atoms with van der Waals surface area (Å²) in [6.07, 6.45) is 0. The lowest BCUT2D eigenvalue weighted by atomic mass is 14.0. The Bertz CT molecular complexity index is 625. The van der Waals surface area contributed by atoms with Crippen molar-refractivity contribution in [1.29, 1.82) is 0 Å². The summed E-state index contributed by atoms with van der Waals surface area (Å²) in [4.78, 5) is 0. The lowest BCUT2D eigenvalue weighted by Gasteiger charge is -1.68. The lowest BCUT2D eigenvalue weighted by Crippen LogP contribution is -1.89.